The fourth-order valence-electron chi connectivity index (χ4n) is 1.71. The number of carbonyl (C=O) groups is 1. The Morgan fingerprint density at radius 3 is 2.60 bits per heavy atom. The number of carbonyl (C=O) groups excluding carboxylic acids is 1. The highest BCUT2D eigenvalue weighted by Gasteiger charge is 2.20. The molecule has 0 aliphatic rings. The number of hydrogen-bond acceptors (Lipinski definition) is 3. The molecular formula is C14H16ClN3O2. The molecule has 106 valence electrons. The fraction of sp³-hybridized carbons (Fsp3) is 0.286. The Hall–Kier alpha value is -2.01. The maximum atomic E-state index is 11.8. The Bertz CT molecular complexity index is 596. The molecule has 5 nitrogen and oxygen atoms in total. The number of amides is 1. The zero-order chi connectivity index (χ0) is 14.7. The van der Waals surface area contributed by atoms with Crippen LogP contribution >= 0.6 is 11.6 Å². The molecule has 0 radical (unpaired) electrons. The van der Waals surface area contributed by atoms with Crippen molar-refractivity contribution in [3.05, 3.63) is 41.6 Å². The van der Waals surface area contributed by atoms with Crippen LogP contribution in [0.25, 0.3) is 5.69 Å². The standard InChI is InChI=1S/C14H16ClN3O2/c1-10(14(19)17(2)3)20-13-12(15)9-18(16-13)11-7-5-4-6-8-11/h4-10H,1-3H3/t10-/m1/s1. The summed E-state index contributed by atoms with van der Waals surface area (Å²) < 4.78 is 7.13. The molecule has 1 atom stereocenters. The number of halogens is 1. The highest BCUT2D eigenvalue weighted by molar-refractivity contribution is 6.31. The highest BCUT2D eigenvalue weighted by Crippen LogP contribution is 2.25. The van der Waals surface area contributed by atoms with Gasteiger partial charge in [0.25, 0.3) is 11.8 Å². The van der Waals surface area contributed by atoms with Gasteiger partial charge in [-0.3, -0.25) is 4.79 Å². The van der Waals surface area contributed by atoms with Gasteiger partial charge in [0, 0.05) is 14.1 Å². The SMILES string of the molecule is C[C@@H](Oc1nn(-c2ccccc2)cc1Cl)C(=O)N(C)C. The summed E-state index contributed by atoms with van der Waals surface area (Å²) in [5.41, 5.74) is 0.871. The van der Waals surface area contributed by atoms with E-state index in [1.165, 1.54) is 4.90 Å². The molecule has 0 fully saturated rings. The average molecular weight is 294 g/mol. The van der Waals surface area contributed by atoms with E-state index in [0.29, 0.717) is 5.02 Å². The van der Waals surface area contributed by atoms with Gasteiger partial charge in [0.05, 0.1) is 11.9 Å². The molecule has 0 spiro atoms. The highest BCUT2D eigenvalue weighted by atomic mass is 35.5. The Balaban J connectivity index is 2.18. The number of benzene rings is 1. The van der Waals surface area contributed by atoms with E-state index < -0.39 is 6.10 Å². The number of rotatable bonds is 4. The van der Waals surface area contributed by atoms with Crippen molar-refractivity contribution in [2.75, 3.05) is 14.1 Å². The fourth-order valence-corrected chi connectivity index (χ4v) is 1.89. The van der Waals surface area contributed by atoms with Gasteiger partial charge in [-0.05, 0) is 19.1 Å². The topological polar surface area (TPSA) is 47.4 Å². The molecule has 0 unspecified atom stereocenters. The summed E-state index contributed by atoms with van der Waals surface area (Å²) in [6, 6.07) is 9.54. The quantitative estimate of drug-likeness (QED) is 0.869. The first kappa shape index (κ1) is 14.4. The predicted molar refractivity (Wildman–Crippen MR) is 77.4 cm³/mol. The minimum Gasteiger partial charge on any atom is -0.462 e. The molecule has 0 N–H and O–H groups in total. The smallest absolute Gasteiger partial charge is 0.262 e. The predicted octanol–water partition coefficient (Wildman–Crippen LogP) is 2.38. The van der Waals surface area contributed by atoms with Crippen LogP contribution in [0.2, 0.25) is 5.02 Å². The Labute approximate surface area is 122 Å². The van der Waals surface area contributed by atoms with Gasteiger partial charge in [-0.1, -0.05) is 29.8 Å². The van der Waals surface area contributed by atoms with Crippen molar-refractivity contribution in [3.63, 3.8) is 0 Å². The number of likely N-dealkylation sites (N-methyl/N-ethyl adjacent to an activating group) is 1. The van der Waals surface area contributed by atoms with Gasteiger partial charge in [-0.2, -0.15) is 0 Å². The van der Waals surface area contributed by atoms with Gasteiger partial charge in [0.2, 0.25) is 0 Å². The van der Waals surface area contributed by atoms with E-state index in [1.54, 1.807) is 31.9 Å². The second-order valence-electron chi connectivity index (χ2n) is 4.56. The Morgan fingerprint density at radius 2 is 2.00 bits per heavy atom. The van der Waals surface area contributed by atoms with Crippen LogP contribution in [-0.2, 0) is 4.79 Å². The number of aromatic nitrogens is 2. The minimum atomic E-state index is -0.637. The molecule has 1 aromatic heterocycles. The number of ether oxygens (including phenoxy) is 1. The van der Waals surface area contributed by atoms with Crippen molar-refractivity contribution < 1.29 is 9.53 Å². The number of para-hydroxylation sites is 1. The van der Waals surface area contributed by atoms with Gasteiger partial charge in [0.1, 0.15) is 5.02 Å². The minimum absolute atomic E-state index is 0.143. The molecule has 6 heteroatoms. The molecule has 1 amide bonds. The third kappa shape index (κ3) is 3.11. The van der Waals surface area contributed by atoms with Crippen molar-refractivity contribution in [1.29, 1.82) is 0 Å². The van der Waals surface area contributed by atoms with Crippen LogP contribution < -0.4 is 4.74 Å². The second kappa shape index (κ2) is 5.96. The van der Waals surface area contributed by atoms with Gasteiger partial charge in [-0.25, -0.2) is 4.68 Å². The van der Waals surface area contributed by atoms with Gasteiger partial charge < -0.3 is 9.64 Å². The molecule has 0 saturated carbocycles. The zero-order valence-corrected chi connectivity index (χ0v) is 12.3. The van der Waals surface area contributed by atoms with Crippen LogP contribution in [0.3, 0.4) is 0 Å². The largest absolute Gasteiger partial charge is 0.462 e. The number of hydrogen-bond donors (Lipinski definition) is 0. The van der Waals surface area contributed by atoms with E-state index in [1.807, 2.05) is 30.3 Å². The molecule has 1 heterocycles. The second-order valence-corrected chi connectivity index (χ2v) is 4.96. The molecule has 0 aliphatic carbocycles. The molecule has 0 aliphatic heterocycles. The van der Waals surface area contributed by atoms with Crippen molar-refractivity contribution in [3.8, 4) is 11.6 Å². The van der Waals surface area contributed by atoms with Crippen LogP contribution in [0.4, 0.5) is 0 Å². The molecular weight excluding hydrogens is 278 g/mol. The van der Waals surface area contributed by atoms with E-state index >= 15 is 0 Å². The van der Waals surface area contributed by atoms with Crippen LogP contribution in [0, 0.1) is 0 Å². The normalized spacial score (nSPS) is 12.0. The lowest BCUT2D eigenvalue weighted by atomic mass is 10.3. The first-order valence-electron chi connectivity index (χ1n) is 6.17. The van der Waals surface area contributed by atoms with Crippen LogP contribution in [0.5, 0.6) is 5.88 Å². The van der Waals surface area contributed by atoms with E-state index in [9.17, 15) is 4.79 Å². The van der Waals surface area contributed by atoms with Crippen molar-refractivity contribution in [2.45, 2.75) is 13.0 Å². The Morgan fingerprint density at radius 1 is 1.35 bits per heavy atom. The van der Waals surface area contributed by atoms with E-state index in [-0.39, 0.29) is 11.8 Å². The summed E-state index contributed by atoms with van der Waals surface area (Å²) in [6.45, 7) is 1.67. The first-order chi connectivity index (χ1) is 9.49. The molecule has 20 heavy (non-hydrogen) atoms. The molecule has 2 aromatic rings. The van der Waals surface area contributed by atoms with E-state index in [4.69, 9.17) is 16.3 Å². The maximum Gasteiger partial charge on any atom is 0.262 e. The number of nitrogens with zero attached hydrogens (tertiary/aromatic N) is 3. The monoisotopic (exact) mass is 293 g/mol. The summed E-state index contributed by atoms with van der Waals surface area (Å²) in [4.78, 5) is 13.2. The summed E-state index contributed by atoms with van der Waals surface area (Å²) in [7, 11) is 3.35. The molecule has 0 saturated heterocycles. The van der Waals surface area contributed by atoms with Crippen LogP contribution in [-0.4, -0.2) is 40.8 Å². The van der Waals surface area contributed by atoms with Gasteiger partial charge in [0.15, 0.2) is 6.10 Å². The van der Waals surface area contributed by atoms with E-state index in [0.717, 1.165) is 5.69 Å². The van der Waals surface area contributed by atoms with Crippen molar-refractivity contribution >= 4 is 17.5 Å². The third-order valence-corrected chi connectivity index (χ3v) is 3.00. The van der Waals surface area contributed by atoms with Gasteiger partial charge in [-0.15, -0.1) is 5.10 Å². The van der Waals surface area contributed by atoms with Crippen molar-refractivity contribution in [2.24, 2.45) is 0 Å². The van der Waals surface area contributed by atoms with Crippen molar-refractivity contribution in [1.82, 2.24) is 14.7 Å². The first-order valence-corrected chi connectivity index (χ1v) is 6.55. The summed E-state index contributed by atoms with van der Waals surface area (Å²) >= 11 is 6.09. The van der Waals surface area contributed by atoms with Crippen LogP contribution in [0.15, 0.2) is 36.5 Å². The zero-order valence-electron chi connectivity index (χ0n) is 11.6. The lowest BCUT2D eigenvalue weighted by Gasteiger charge is -2.16. The van der Waals surface area contributed by atoms with Crippen LogP contribution in [0.1, 0.15) is 6.92 Å². The summed E-state index contributed by atoms with van der Waals surface area (Å²) in [5, 5.41) is 4.62. The third-order valence-electron chi connectivity index (χ3n) is 2.74. The van der Waals surface area contributed by atoms with Gasteiger partial charge >= 0.3 is 0 Å². The molecule has 1 aromatic carbocycles. The summed E-state index contributed by atoms with van der Waals surface area (Å²) in [6.07, 6.45) is 1.01. The maximum absolute atomic E-state index is 11.8. The summed E-state index contributed by atoms with van der Waals surface area (Å²) in [5.74, 6) is 0.105. The lowest BCUT2D eigenvalue weighted by molar-refractivity contribution is -0.135. The Kier molecular flexibility index (Phi) is 4.29. The average Bonchev–Trinajstić information content (AvgIpc) is 2.80. The lowest BCUT2D eigenvalue weighted by Crippen LogP contribution is -2.35. The molecule has 2 rings (SSSR count). The van der Waals surface area contributed by atoms with E-state index in [2.05, 4.69) is 5.10 Å². The molecule has 0 bridgehead atoms.